The summed E-state index contributed by atoms with van der Waals surface area (Å²) in [6, 6.07) is 0.408. The van der Waals surface area contributed by atoms with Gasteiger partial charge in [0, 0.05) is 11.4 Å². The van der Waals surface area contributed by atoms with Gasteiger partial charge in [0.05, 0.1) is 10.7 Å². The van der Waals surface area contributed by atoms with Gasteiger partial charge in [0.15, 0.2) is 0 Å². The summed E-state index contributed by atoms with van der Waals surface area (Å²) in [6.45, 7) is 2.06. The highest BCUT2D eigenvalue weighted by atomic mass is 32.1. The zero-order chi connectivity index (χ0) is 9.97. The minimum atomic E-state index is 0.408. The molecule has 3 heteroatoms. The maximum absolute atomic E-state index is 6.11. The van der Waals surface area contributed by atoms with Gasteiger partial charge in [0.1, 0.15) is 0 Å². The molecule has 1 aromatic heterocycles. The highest BCUT2D eigenvalue weighted by molar-refractivity contribution is 7.09. The number of aryl methyl sites for hydroxylation is 1. The maximum Gasteiger partial charge on any atom is 0.0897 e. The van der Waals surface area contributed by atoms with Crippen molar-refractivity contribution in [3.63, 3.8) is 0 Å². The quantitative estimate of drug-likeness (QED) is 0.814. The average Bonchev–Trinajstić information content (AvgIpc) is 2.56. The molecule has 1 fully saturated rings. The van der Waals surface area contributed by atoms with Crippen molar-refractivity contribution in [3.05, 3.63) is 16.1 Å². The van der Waals surface area contributed by atoms with Gasteiger partial charge < -0.3 is 5.73 Å². The Hall–Kier alpha value is -0.410. The van der Waals surface area contributed by atoms with Crippen LogP contribution in [0.25, 0.3) is 0 Å². The van der Waals surface area contributed by atoms with Crippen molar-refractivity contribution in [1.82, 2.24) is 4.98 Å². The summed E-state index contributed by atoms with van der Waals surface area (Å²) in [5.41, 5.74) is 7.35. The van der Waals surface area contributed by atoms with Crippen LogP contribution in [-0.4, -0.2) is 11.0 Å². The minimum absolute atomic E-state index is 0.408. The van der Waals surface area contributed by atoms with E-state index in [1.165, 1.54) is 36.4 Å². The first-order valence-corrected chi connectivity index (χ1v) is 6.30. The van der Waals surface area contributed by atoms with Crippen LogP contribution in [0.15, 0.2) is 5.38 Å². The number of rotatable bonds is 2. The molecule has 0 aliphatic heterocycles. The summed E-state index contributed by atoms with van der Waals surface area (Å²) in [7, 11) is 0. The summed E-state index contributed by atoms with van der Waals surface area (Å²) < 4.78 is 0. The van der Waals surface area contributed by atoms with Gasteiger partial charge in [-0.05, 0) is 32.1 Å². The lowest BCUT2D eigenvalue weighted by atomic mass is 9.82. The van der Waals surface area contributed by atoms with Crippen LogP contribution in [0.1, 0.15) is 36.4 Å². The summed E-state index contributed by atoms with van der Waals surface area (Å²) in [6.07, 6.45) is 6.24. The number of nitrogens with zero attached hydrogens (tertiary/aromatic N) is 1. The van der Waals surface area contributed by atoms with Gasteiger partial charge >= 0.3 is 0 Å². The fraction of sp³-hybridized carbons (Fsp3) is 0.727. The van der Waals surface area contributed by atoms with Crippen LogP contribution in [-0.2, 0) is 6.42 Å². The Kier molecular flexibility index (Phi) is 3.19. The van der Waals surface area contributed by atoms with Crippen molar-refractivity contribution in [2.24, 2.45) is 11.7 Å². The highest BCUT2D eigenvalue weighted by Crippen LogP contribution is 2.26. The van der Waals surface area contributed by atoms with E-state index >= 15 is 0 Å². The monoisotopic (exact) mass is 210 g/mol. The molecule has 0 amide bonds. The van der Waals surface area contributed by atoms with E-state index in [1.807, 2.05) is 0 Å². The molecular weight excluding hydrogens is 192 g/mol. The van der Waals surface area contributed by atoms with E-state index in [9.17, 15) is 0 Å². The Morgan fingerprint density at radius 3 is 2.93 bits per heavy atom. The maximum atomic E-state index is 6.11. The number of thiazole rings is 1. The molecule has 1 saturated carbocycles. The van der Waals surface area contributed by atoms with Crippen molar-refractivity contribution in [1.29, 1.82) is 0 Å². The molecule has 0 aromatic carbocycles. The number of hydrogen-bond acceptors (Lipinski definition) is 3. The summed E-state index contributed by atoms with van der Waals surface area (Å²) >= 11 is 1.74. The first kappa shape index (κ1) is 10.1. The fourth-order valence-corrected chi connectivity index (χ4v) is 2.89. The van der Waals surface area contributed by atoms with Crippen LogP contribution in [0.3, 0.4) is 0 Å². The molecular formula is C11H18N2S. The molecule has 1 aliphatic rings. The number of nitrogens with two attached hydrogens (primary N) is 1. The van der Waals surface area contributed by atoms with Crippen molar-refractivity contribution in [2.75, 3.05) is 0 Å². The molecule has 2 rings (SSSR count). The summed E-state index contributed by atoms with van der Waals surface area (Å²) in [4.78, 5) is 4.50. The van der Waals surface area contributed by atoms with Crippen LogP contribution >= 0.6 is 11.3 Å². The van der Waals surface area contributed by atoms with Gasteiger partial charge in [-0.25, -0.2) is 4.98 Å². The third-order valence-corrected chi connectivity index (χ3v) is 3.93. The third kappa shape index (κ3) is 2.34. The smallest absolute Gasteiger partial charge is 0.0897 e. The Bertz CT molecular complexity index is 295. The van der Waals surface area contributed by atoms with Gasteiger partial charge in [-0.3, -0.25) is 0 Å². The third-order valence-electron chi connectivity index (χ3n) is 3.11. The Labute approximate surface area is 89.5 Å². The van der Waals surface area contributed by atoms with Crippen molar-refractivity contribution >= 4 is 11.3 Å². The molecule has 0 saturated heterocycles. The molecule has 1 aromatic rings. The van der Waals surface area contributed by atoms with Gasteiger partial charge in [0.25, 0.3) is 0 Å². The predicted molar refractivity (Wildman–Crippen MR) is 60.5 cm³/mol. The van der Waals surface area contributed by atoms with E-state index < -0.39 is 0 Å². The second-order valence-corrected chi connectivity index (χ2v) is 5.33. The van der Waals surface area contributed by atoms with E-state index in [-0.39, 0.29) is 0 Å². The Balaban J connectivity index is 1.95. The SMILES string of the molecule is Cc1nc(CC2CCCCC2N)cs1. The van der Waals surface area contributed by atoms with Gasteiger partial charge in [-0.2, -0.15) is 0 Å². The van der Waals surface area contributed by atoms with E-state index in [2.05, 4.69) is 17.3 Å². The first-order chi connectivity index (χ1) is 6.75. The Morgan fingerprint density at radius 2 is 2.29 bits per heavy atom. The van der Waals surface area contributed by atoms with Gasteiger partial charge in [-0.1, -0.05) is 12.8 Å². The lowest BCUT2D eigenvalue weighted by Crippen LogP contribution is -2.34. The van der Waals surface area contributed by atoms with Crippen LogP contribution in [0.5, 0.6) is 0 Å². The molecule has 0 bridgehead atoms. The van der Waals surface area contributed by atoms with Gasteiger partial charge in [-0.15, -0.1) is 11.3 Å². The lowest BCUT2D eigenvalue weighted by Gasteiger charge is -2.27. The minimum Gasteiger partial charge on any atom is -0.327 e. The molecule has 78 valence electrons. The van der Waals surface area contributed by atoms with Crippen molar-refractivity contribution in [2.45, 2.75) is 45.1 Å². The first-order valence-electron chi connectivity index (χ1n) is 5.42. The molecule has 2 N–H and O–H groups in total. The zero-order valence-electron chi connectivity index (χ0n) is 8.70. The molecule has 0 radical (unpaired) electrons. The topological polar surface area (TPSA) is 38.9 Å². The Morgan fingerprint density at radius 1 is 1.50 bits per heavy atom. The summed E-state index contributed by atoms with van der Waals surface area (Å²) in [5, 5.41) is 3.35. The highest BCUT2D eigenvalue weighted by Gasteiger charge is 2.22. The summed E-state index contributed by atoms with van der Waals surface area (Å²) in [5.74, 6) is 0.672. The second kappa shape index (κ2) is 4.41. The molecule has 14 heavy (non-hydrogen) atoms. The van der Waals surface area contributed by atoms with E-state index in [0.29, 0.717) is 12.0 Å². The average molecular weight is 210 g/mol. The van der Waals surface area contributed by atoms with Crippen LogP contribution in [0, 0.1) is 12.8 Å². The molecule has 2 unspecified atom stereocenters. The molecule has 2 atom stereocenters. The molecule has 1 aliphatic carbocycles. The molecule has 2 nitrogen and oxygen atoms in total. The van der Waals surface area contributed by atoms with Crippen molar-refractivity contribution < 1.29 is 0 Å². The largest absolute Gasteiger partial charge is 0.327 e. The molecule has 1 heterocycles. The number of hydrogen-bond donors (Lipinski definition) is 1. The van der Waals surface area contributed by atoms with E-state index in [0.717, 1.165) is 6.42 Å². The zero-order valence-corrected chi connectivity index (χ0v) is 9.52. The lowest BCUT2D eigenvalue weighted by molar-refractivity contribution is 0.305. The van der Waals surface area contributed by atoms with Crippen LogP contribution in [0.4, 0.5) is 0 Å². The predicted octanol–water partition coefficient (Wildman–Crippen LogP) is 2.51. The fourth-order valence-electron chi connectivity index (χ4n) is 2.26. The number of aromatic nitrogens is 1. The van der Waals surface area contributed by atoms with E-state index in [4.69, 9.17) is 5.73 Å². The standard InChI is InChI=1S/C11H18N2S/c1-8-13-10(7-14-8)6-9-4-2-3-5-11(9)12/h7,9,11H,2-6,12H2,1H3. The van der Waals surface area contributed by atoms with Crippen LogP contribution < -0.4 is 5.73 Å². The second-order valence-electron chi connectivity index (χ2n) is 4.27. The molecule has 0 spiro atoms. The normalized spacial score (nSPS) is 27.9. The van der Waals surface area contributed by atoms with Gasteiger partial charge in [0.2, 0.25) is 0 Å². The van der Waals surface area contributed by atoms with Crippen LogP contribution in [0.2, 0.25) is 0 Å². The van der Waals surface area contributed by atoms with E-state index in [1.54, 1.807) is 11.3 Å². The van der Waals surface area contributed by atoms with Crippen molar-refractivity contribution in [3.8, 4) is 0 Å².